The van der Waals surface area contributed by atoms with E-state index in [2.05, 4.69) is 42.2 Å². The van der Waals surface area contributed by atoms with Crippen LogP contribution in [0.5, 0.6) is 0 Å². The predicted molar refractivity (Wildman–Crippen MR) is 69.1 cm³/mol. The number of hydrogen-bond acceptors (Lipinski definition) is 3. The second kappa shape index (κ2) is 8.28. The van der Waals surface area contributed by atoms with E-state index in [-0.39, 0.29) is 0 Å². The van der Waals surface area contributed by atoms with Gasteiger partial charge >= 0.3 is 0 Å². The van der Waals surface area contributed by atoms with Gasteiger partial charge in [-0.2, -0.15) is 0 Å². The summed E-state index contributed by atoms with van der Waals surface area (Å²) >= 11 is 0. The van der Waals surface area contributed by atoms with Crippen LogP contribution in [0.3, 0.4) is 0 Å². The highest BCUT2D eigenvalue weighted by Gasteiger charge is 1.98. The molecule has 1 aromatic rings. The standard InChI is InChI=1S/C13H24N2O2/c1-12(2)14-10-13-4-5-15(11-13)6-7-17-9-8-16-3/h4-5,11-12,14H,6-10H2,1-3H3. The third kappa shape index (κ3) is 6.46. The van der Waals surface area contributed by atoms with E-state index in [0.29, 0.717) is 19.3 Å². The zero-order valence-electron chi connectivity index (χ0n) is 11.1. The smallest absolute Gasteiger partial charge is 0.0701 e. The minimum absolute atomic E-state index is 0.524. The van der Waals surface area contributed by atoms with Gasteiger partial charge in [-0.25, -0.2) is 0 Å². The van der Waals surface area contributed by atoms with Crippen molar-refractivity contribution in [3.05, 3.63) is 24.0 Å². The van der Waals surface area contributed by atoms with Crippen molar-refractivity contribution in [3.63, 3.8) is 0 Å². The first-order valence-corrected chi connectivity index (χ1v) is 6.17. The summed E-state index contributed by atoms with van der Waals surface area (Å²) in [6.07, 6.45) is 4.26. The average Bonchev–Trinajstić information content (AvgIpc) is 2.74. The van der Waals surface area contributed by atoms with Crippen LogP contribution in [0.1, 0.15) is 19.4 Å². The molecule has 0 aliphatic rings. The fourth-order valence-corrected chi connectivity index (χ4v) is 1.47. The highest BCUT2D eigenvalue weighted by atomic mass is 16.5. The molecule has 0 aliphatic carbocycles. The maximum absolute atomic E-state index is 5.42. The second-order valence-corrected chi connectivity index (χ2v) is 4.40. The lowest BCUT2D eigenvalue weighted by Gasteiger charge is -2.06. The second-order valence-electron chi connectivity index (χ2n) is 4.40. The zero-order chi connectivity index (χ0) is 12.5. The molecule has 1 aromatic heterocycles. The van der Waals surface area contributed by atoms with Gasteiger partial charge in [0.1, 0.15) is 0 Å². The Morgan fingerprint density at radius 2 is 2.12 bits per heavy atom. The SMILES string of the molecule is COCCOCCn1ccc(CNC(C)C)c1. The molecule has 0 radical (unpaired) electrons. The molecule has 0 fully saturated rings. The monoisotopic (exact) mass is 240 g/mol. The Kier molecular flexibility index (Phi) is 6.93. The van der Waals surface area contributed by atoms with Crippen LogP contribution < -0.4 is 5.32 Å². The number of ether oxygens (including phenoxy) is 2. The fourth-order valence-electron chi connectivity index (χ4n) is 1.47. The van der Waals surface area contributed by atoms with Crippen molar-refractivity contribution in [2.45, 2.75) is 33.0 Å². The molecule has 0 saturated carbocycles. The van der Waals surface area contributed by atoms with Gasteiger partial charge in [-0.1, -0.05) is 13.8 Å². The van der Waals surface area contributed by atoms with Gasteiger partial charge in [-0.15, -0.1) is 0 Å². The molecule has 1 heterocycles. The van der Waals surface area contributed by atoms with E-state index < -0.39 is 0 Å². The molecule has 0 aliphatic heterocycles. The minimum atomic E-state index is 0.524. The summed E-state index contributed by atoms with van der Waals surface area (Å²) in [6.45, 7) is 8.19. The van der Waals surface area contributed by atoms with Gasteiger partial charge in [0.05, 0.1) is 19.8 Å². The molecule has 0 amide bonds. The van der Waals surface area contributed by atoms with Gasteiger partial charge in [0, 0.05) is 38.6 Å². The van der Waals surface area contributed by atoms with E-state index >= 15 is 0 Å². The third-order valence-electron chi connectivity index (χ3n) is 2.45. The van der Waals surface area contributed by atoms with Crippen molar-refractivity contribution < 1.29 is 9.47 Å². The van der Waals surface area contributed by atoms with Crippen LogP contribution in [0, 0.1) is 0 Å². The Labute approximate surface area is 104 Å². The van der Waals surface area contributed by atoms with Crippen LogP contribution in [0.15, 0.2) is 18.5 Å². The van der Waals surface area contributed by atoms with E-state index in [1.807, 2.05) is 0 Å². The summed E-state index contributed by atoms with van der Waals surface area (Å²) in [7, 11) is 1.68. The highest BCUT2D eigenvalue weighted by molar-refractivity contribution is 5.09. The lowest BCUT2D eigenvalue weighted by Crippen LogP contribution is -2.21. The van der Waals surface area contributed by atoms with Crippen molar-refractivity contribution in [1.82, 2.24) is 9.88 Å². The molecule has 0 spiro atoms. The van der Waals surface area contributed by atoms with Crippen molar-refractivity contribution in [2.24, 2.45) is 0 Å². The molecule has 0 bridgehead atoms. The molecule has 0 unspecified atom stereocenters. The number of nitrogens with one attached hydrogen (secondary N) is 1. The molecule has 1 N–H and O–H groups in total. The molecule has 0 saturated heterocycles. The Balaban J connectivity index is 2.17. The molecule has 4 nitrogen and oxygen atoms in total. The van der Waals surface area contributed by atoms with E-state index in [4.69, 9.17) is 9.47 Å². The largest absolute Gasteiger partial charge is 0.382 e. The molecule has 0 atom stereocenters. The summed E-state index contributed by atoms with van der Waals surface area (Å²) in [4.78, 5) is 0. The average molecular weight is 240 g/mol. The van der Waals surface area contributed by atoms with E-state index in [9.17, 15) is 0 Å². The van der Waals surface area contributed by atoms with E-state index in [1.165, 1.54) is 5.56 Å². The van der Waals surface area contributed by atoms with Gasteiger partial charge in [0.15, 0.2) is 0 Å². The normalized spacial score (nSPS) is 11.3. The van der Waals surface area contributed by atoms with Crippen molar-refractivity contribution in [3.8, 4) is 0 Å². The first-order chi connectivity index (χ1) is 8.22. The van der Waals surface area contributed by atoms with Crippen LogP contribution >= 0.6 is 0 Å². The summed E-state index contributed by atoms with van der Waals surface area (Å²) in [5.74, 6) is 0. The summed E-state index contributed by atoms with van der Waals surface area (Å²) < 4.78 is 12.5. The van der Waals surface area contributed by atoms with Gasteiger partial charge in [0.25, 0.3) is 0 Å². The Hall–Kier alpha value is -0.840. The Morgan fingerprint density at radius 3 is 2.82 bits per heavy atom. The van der Waals surface area contributed by atoms with Crippen LogP contribution in [-0.4, -0.2) is 37.5 Å². The molecular weight excluding hydrogens is 216 g/mol. The molecule has 1 rings (SSSR count). The molecule has 4 heteroatoms. The number of methoxy groups -OCH3 is 1. The van der Waals surface area contributed by atoms with Crippen molar-refractivity contribution in [2.75, 3.05) is 26.9 Å². The Bertz CT molecular complexity index is 297. The summed E-state index contributed by atoms with van der Waals surface area (Å²) in [6, 6.07) is 2.67. The van der Waals surface area contributed by atoms with Crippen molar-refractivity contribution >= 4 is 0 Å². The number of aromatic nitrogens is 1. The highest BCUT2D eigenvalue weighted by Crippen LogP contribution is 2.01. The van der Waals surface area contributed by atoms with Crippen LogP contribution in [0.2, 0.25) is 0 Å². The fraction of sp³-hybridized carbons (Fsp3) is 0.692. The molecule has 0 aromatic carbocycles. The minimum Gasteiger partial charge on any atom is -0.382 e. The predicted octanol–water partition coefficient (Wildman–Crippen LogP) is 1.65. The quantitative estimate of drug-likeness (QED) is 0.667. The maximum atomic E-state index is 5.42. The van der Waals surface area contributed by atoms with Gasteiger partial charge in [-0.05, 0) is 11.6 Å². The lowest BCUT2D eigenvalue weighted by molar-refractivity contribution is 0.0666. The first kappa shape index (κ1) is 14.2. The number of rotatable bonds is 9. The molecule has 98 valence electrons. The lowest BCUT2D eigenvalue weighted by atomic mass is 10.3. The van der Waals surface area contributed by atoms with E-state index in [0.717, 1.165) is 19.7 Å². The topological polar surface area (TPSA) is 35.4 Å². The first-order valence-electron chi connectivity index (χ1n) is 6.17. The Morgan fingerprint density at radius 1 is 1.29 bits per heavy atom. The molecule has 17 heavy (non-hydrogen) atoms. The van der Waals surface area contributed by atoms with Crippen LogP contribution in [-0.2, 0) is 22.6 Å². The maximum Gasteiger partial charge on any atom is 0.0701 e. The van der Waals surface area contributed by atoms with Crippen LogP contribution in [0.4, 0.5) is 0 Å². The van der Waals surface area contributed by atoms with Gasteiger partial charge < -0.3 is 19.4 Å². The van der Waals surface area contributed by atoms with Crippen LogP contribution in [0.25, 0.3) is 0 Å². The number of hydrogen-bond donors (Lipinski definition) is 1. The molecular formula is C13H24N2O2. The van der Waals surface area contributed by atoms with Gasteiger partial charge in [-0.3, -0.25) is 0 Å². The summed E-state index contributed by atoms with van der Waals surface area (Å²) in [5, 5.41) is 3.40. The number of nitrogens with zero attached hydrogens (tertiary/aromatic N) is 1. The van der Waals surface area contributed by atoms with Gasteiger partial charge in [0.2, 0.25) is 0 Å². The van der Waals surface area contributed by atoms with Crippen molar-refractivity contribution in [1.29, 1.82) is 0 Å². The third-order valence-corrected chi connectivity index (χ3v) is 2.45. The zero-order valence-corrected chi connectivity index (χ0v) is 11.1. The summed E-state index contributed by atoms with van der Waals surface area (Å²) in [5.41, 5.74) is 1.32. The van der Waals surface area contributed by atoms with E-state index in [1.54, 1.807) is 7.11 Å².